The fourth-order valence-electron chi connectivity index (χ4n) is 7.81. The lowest BCUT2D eigenvalue weighted by atomic mass is 9.95. The maximum atomic E-state index is 13.7. The molecule has 20 nitrogen and oxygen atoms in total. The molecule has 6 rings (SSSR count). The smallest absolute Gasteiger partial charge is 0.407 e. The highest BCUT2D eigenvalue weighted by Gasteiger charge is 2.47. The lowest BCUT2D eigenvalue weighted by Gasteiger charge is -2.29. The third-order valence-electron chi connectivity index (χ3n) is 11.4. The van der Waals surface area contributed by atoms with Crippen molar-refractivity contribution >= 4 is 44.5 Å². The van der Waals surface area contributed by atoms with Crippen molar-refractivity contribution in [2.45, 2.75) is 69.2 Å². The van der Waals surface area contributed by atoms with Gasteiger partial charge in [0, 0.05) is 13.1 Å². The number of rotatable bonds is 16. The third-order valence-corrected chi connectivity index (χ3v) is 13.7. The predicted octanol–water partition coefficient (Wildman–Crippen LogP) is 4.40. The molecule has 6 atom stereocenters. The minimum Gasteiger partial charge on any atom is -0.453 e. The first-order valence-electron chi connectivity index (χ1n) is 19.8. The van der Waals surface area contributed by atoms with Crippen LogP contribution >= 0.6 is 0 Å². The molecule has 4 aromatic rings. The van der Waals surface area contributed by atoms with Crippen LogP contribution < -0.4 is 5.32 Å². The average Bonchev–Trinajstić information content (AvgIpc) is 4.06. The van der Waals surface area contributed by atoms with Gasteiger partial charge in [0.25, 0.3) is 20.2 Å². The lowest BCUT2D eigenvalue weighted by Crippen LogP contribution is -2.51. The zero-order chi connectivity index (χ0) is 45.1. The maximum Gasteiger partial charge on any atom is 0.407 e. The van der Waals surface area contributed by atoms with E-state index in [0.717, 1.165) is 22.3 Å². The summed E-state index contributed by atoms with van der Waals surface area (Å²) in [7, 11) is -7.81. The molecule has 2 saturated heterocycles. The number of nitrogens with zero attached hydrogens (tertiary/aromatic N) is 4. The van der Waals surface area contributed by atoms with Crippen LogP contribution in [0.15, 0.2) is 60.9 Å². The van der Waals surface area contributed by atoms with E-state index in [4.69, 9.17) is 10.3 Å². The van der Waals surface area contributed by atoms with E-state index in [0.29, 0.717) is 29.4 Å². The van der Waals surface area contributed by atoms with Gasteiger partial charge in [-0.3, -0.25) is 24.1 Å². The highest BCUT2D eigenvalue weighted by Crippen LogP contribution is 2.38. The summed E-state index contributed by atoms with van der Waals surface area (Å²) in [5.41, 5.74) is 4.52. The number of benzene rings is 2. The highest BCUT2D eigenvalue weighted by molar-refractivity contribution is 7.86. The van der Waals surface area contributed by atoms with Crippen LogP contribution in [0, 0.1) is 23.2 Å². The number of amides is 3. The molecular weight excluding hydrogens is 849 g/mol. The first-order chi connectivity index (χ1) is 29.3. The van der Waals surface area contributed by atoms with Crippen LogP contribution in [0.4, 0.5) is 4.79 Å². The Morgan fingerprint density at radius 3 is 1.60 bits per heavy atom. The van der Waals surface area contributed by atoms with Crippen molar-refractivity contribution in [1.82, 2.24) is 35.1 Å². The summed E-state index contributed by atoms with van der Waals surface area (Å²) in [4.78, 5) is 67.2. The van der Waals surface area contributed by atoms with Crippen molar-refractivity contribution in [1.29, 1.82) is 5.41 Å². The Labute approximate surface area is 358 Å². The fourth-order valence-corrected chi connectivity index (χ4v) is 9.36. The second kappa shape index (κ2) is 18.7. The summed E-state index contributed by atoms with van der Waals surface area (Å²) in [6.45, 7) is 6.37. The number of H-pyrrole nitrogens is 2. The zero-order valence-corrected chi connectivity index (χ0v) is 36.2. The van der Waals surface area contributed by atoms with Crippen molar-refractivity contribution in [2.24, 2.45) is 17.8 Å². The fraction of sp³-hybridized carbons (Fsp3) is 0.450. The van der Waals surface area contributed by atoms with Crippen molar-refractivity contribution in [2.75, 3.05) is 26.8 Å². The van der Waals surface area contributed by atoms with Crippen molar-refractivity contribution in [3.63, 3.8) is 0 Å². The van der Waals surface area contributed by atoms with Gasteiger partial charge in [-0.15, -0.1) is 0 Å². The zero-order valence-electron chi connectivity index (χ0n) is 34.6. The number of hydrogen-bond acceptors (Lipinski definition) is 13. The molecule has 0 aliphatic carbocycles. The molecule has 2 fully saturated rings. The molecular formula is C40H50N8O12S2. The van der Waals surface area contributed by atoms with E-state index in [1.165, 1.54) is 16.9 Å². The van der Waals surface area contributed by atoms with Crippen molar-refractivity contribution in [3.8, 4) is 33.6 Å². The van der Waals surface area contributed by atoms with E-state index in [9.17, 15) is 40.3 Å². The standard InChI is InChI=1S/C40H50N8O12S2/c1-22(2)30(20-59-60-21-41)38(49)47-18-28(61(52,53)54)14-33(47)36-42-16-31(44-36)26-10-6-24(7-11-26)25-8-12-27(13-9-25)32-17-43-37(45-32)34-15-29(62(55,56)57)19-48(34)39(50)35(23(3)4)46-40(51)58-5/h6-13,16-17,21-23,28-30,33-35,41H,14-15,18-20H2,1-5H3,(H,42,44)(H,43,45)(H,46,51)(H,52,53,54)(H,55,56,57)/t28-,29-,30-,33-,34-,35-/m0/s1. The van der Waals surface area contributed by atoms with E-state index >= 15 is 0 Å². The average molecular weight is 899 g/mol. The van der Waals surface area contributed by atoms with Crippen LogP contribution in [0.2, 0.25) is 0 Å². The maximum absolute atomic E-state index is 13.7. The molecule has 62 heavy (non-hydrogen) atoms. The Kier molecular flexibility index (Phi) is 13.9. The van der Waals surface area contributed by atoms with Gasteiger partial charge in [-0.2, -0.15) is 21.7 Å². The van der Waals surface area contributed by atoms with Gasteiger partial charge in [0.05, 0.1) is 48.9 Å². The van der Waals surface area contributed by atoms with Gasteiger partial charge in [-0.05, 0) is 46.9 Å². The lowest BCUT2D eigenvalue weighted by molar-refractivity contribution is -0.229. The van der Waals surface area contributed by atoms with Crippen LogP contribution in [-0.2, 0) is 44.3 Å². The number of aromatic nitrogens is 4. The van der Waals surface area contributed by atoms with E-state index < -0.39 is 72.7 Å². The first-order valence-corrected chi connectivity index (χ1v) is 22.8. The Morgan fingerprint density at radius 2 is 1.21 bits per heavy atom. The van der Waals surface area contributed by atoms with Gasteiger partial charge in [-0.25, -0.2) is 14.8 Å². The molecule has 0 radical (unpaired) electrons. The van der Waals surface area contributed by atoms with E-state index in [-0.39, 0.29) is 44.4 Å². The van der Waals surface area contributed by atoms with Crippen LogP contribution in [0.25, 0.3) is 33.6 Å². The van der Waals surface area contributed by atoms with E-state index in [1.54, 1.807) is 26.2 Å². The second-order valence-electron chi connectivity index (χ2n) is 16.0. The molecule has 22 heteroatoms. The summed E-state index contributed by atoms with van der Waals surface area (Å²) < 4.78 is 73.3. The number of methoxy groups -OCH3 is 1. The Morgan fingerprint density at radius 1 is 0.774 bits per heavy atom. The van der Waals surface area contributed by atoms with Gasteiger partial charge >= 0.3 is 6.09 Å². The number of nitrogens with one attached hydrogen (secondary N) is 4. The largest absolute Gasteiger partial charge is 0.453 e. The molecule has 334 valence electrons. The predicted molar refractivity (Wildman–Crippen MR) is 224 cm³/mol. The number of imidazole rings is 2. The number of carbonyl (C=O) groups excluding carboxylic acids is 3. The summed E-state index contributed by atoms with van der Waals surface area (Å²) in [5.74, 6) is -1.60. The van der Waals surface area contributed by atoms with Gasteiger partial charge in [-0.1, -0.05) is 76.2 Å². The summed E-state index contributed by atoms with van der Waals surface area (Å²) >= 11 is 0. The van der Waals surface area contributed by atoms with Gasteiger partial charge < -0.3 is 34.7 Å². The van der Waals surface area contributed by atoms with E-state index in [2.05, 4.69) is 34.9 Å². The monoisotopic (exact) mass is 898 g/mol. The molecule has 4 heterocycles. The second-order valence-corrected chi connectivity index (χ2v) is 19.4. The molecule has 2 aromatic heterocycles. The minimum absolute atomic E-state index is 0.0723. The van der Waals surface area contributed by atoms with Crippen LogP contribution in [0.5, 0.6) is 0 Å². The number of ether oxygens (including phenoxy) is 1. The summed E-state index contributed by atoms with van der Waals surface area (Å²) in [5, 5.41) is 7.05. The van der Waals surface area contributed by atoms with E-state index in [1.807, 2.05) is 62.4 Å². The Bertz CT molecular complexity index is 2470. The molecule has 2 aliphatic heterocycles. The molecule has 2 aromatic carbocycles. The number of alkyl carbamates (subject to hydrolysis) is 1. The topological polar surface area (TPSA) is 287 Å². The first kappa shape index (κ1) is 45.8. The number of aromatic amines is 2. The normalized spacial score (nSPS) is 20.3. The molecule has 6 N–H and O–H groups in total. The van der Waals surface area contributed by atoms with Gasteiger partial charge in [0.1, 0.15) is 34.8 Å². The molecule has 0 saturated carbocycles. The Hall–Kier alpha value is -5.68. The summed E-state index contributed by atoms with van der Waals surface area (Å²) in [6.07, 6.45) is 2.76. The minimum atomic E-state index is -4.50. The quantitative estimate of drug-likeness (QED) is 0.0227. The Balaban J connectivity index is 1.17. The summed E-state index contributed by atoms with van der Waals surface area (Å²) in [6, 6.07) is 12.5. The molecule has 3 amide bonds. The number of likely N-dealkylation sites (tertiary alicyclic amines) is 2. The van der Waals surface area contributed by atoms with Crippen LogP contribution in [-0.4, -0.2) is 123 Å². The molecule has 2 aliphatic rings. The molecule has 0 unspecified atom stereocenters. The third kappa shape index (κ3) is 10.2. The molecule has 0 spiro atoms. The SMILES string of the molecule is COC(=O)N[C@H](C(=O)N1C[C@@H](S(=O)(=O)O)C[C@H]1c1ncc(-c2ccc(-c3ccc(-c4cnc([C@@H]5C[C@H](S(=O)(=O)O)CN5C(=O)[C@@H](COOC=N)C(C)C)[nH]4)cc3)cc2)[nH]1)C(C)C. The number of hydrogen-bond donors (Lipinski definition) is 6. The molecule has 0 bridgehead atoms. The highest BCUT2D eigenvalue weighted by atomic mass is 32.2. The van der Waals surface area contributed by atoms with Gasteiger partial charge in [0.15, 0.2) is 0 Å². The van der Waals surface area contributed by atoms with Crippen LogP contribution in [0.1, 0.15) is 64.3 Å². The van der Waals surface area contributed by atoms with Crippen molar-refractivity contribution in [3.05, 3.63) is 72.6 Å². The van der Waals surface area contributed by atoms with Gasteiger partial charge in [0.2, 0.25) is 18.2 Å². The van der Waals surface area contributed by atoms with Crippen LogP contribution in [0.3, 0.4) is 0 Å². The number of carbonyl (C=O) groups is 3. The van der Waals surface area contributed by atoms with Crippen molar-refractivity contribution < 1.29 is 54.8 Å².